The van der Waals surface area contributed by atoms with Gasteiger partial charge in [0.25, 0.3) is 5.91 Å². The maximum atomic E-state index is 11.5. The summed E-state index contributed by atoms with van der Waals surface area (Å²) in [7, 11) is 0. The first-order valence-electron chi connectivity index (χ1n) is 4.78. The van der Waals surface area contributed by atoms with Crippen LogP contribution in [0.4, 0.5) is 0 Å². The van der Waals surface area contributed by atoms with Crippen LogP contribution in [0.1, 0.15) is 20.8 Å². The molecule has 1 rings (SSSR count). The summed E-state index contributed by atoms with van der Waals surface area (Å²) >= 11 is 0. The van der Waals surface area contributed by atoms with E-state index in [1.54, 1.807) is 0 Å². The van der Waals surface area contributed by atoms with Crippen LogP contribution in [0.15, 0.2) is 0 Å². The second-order valence-electron chi connectivity index (χ2n) is 4.26. The molecule has 0 aromatic carbocycles. The number of rotatable bonds is 2. The van der Waals surface area contributed by atoms with Crippen molar-refractivity contribution in [3.05, 3.63) is 0 Å². The van der Waals surface area contributed by atoms with Crippen molar-refractivity contribution in [1.82, 2.24) is 10.8 Å². The molecule has 1 saturated heterocycles. The van der Waals surface area contributed by atoms with Gasteiger partial charge in [0, 0.05) is 6.54 Å². The van der Waals surface area contributed by atoms with Crippen molar-refractivity contribution in [1.29, 1.82) is 0 Å². The molecule has 0 aromatic heterocycles. The lowest BCUT2D eigenvalue weighted by atomic mass is 10.2. The number of carbonyl (C=O) groups is 1. The Morgan fingerprint density at radius 2 is 2.20 bits per heavy atom. The highest BCUT2D eigenvalue weighted by Crippen LogP contribution is 2.04. The summed E-state index contributed by atoms with van der Waals surface area (Å²) in [5.41, 5.74) is 2.04. The van der Waals surface area contributed by atoms with E-state index in [1.165, 1.54) is 0 Å². The van der Waals surface area contributed by atoms with Gasteiger partial charge in [-0.3, -0.25) is 9.63 Å². The van der Waals surface area contributed by atoms with Crippen molar-refractivity contribution < 1.29 is 14.4 Å². The second-order valence-corrected chi connectivity index (χ2v) is 4.26. The van der Waals surface area contributed by atoms with E-state index >= 15 is 0 Å². The standard InChI is InChI=1S/C9H18N2O3.ClH/c1-9(2,3)14-11-8(12)7-6-13-5-4-10-7;/h7,10H,4-6H2,1-3H3,(H,11,12);1H/t7-;/m1./s1. The fourth-order valence-electron chi connectivity index (χ4n) is 1.01. The number of ether oxygens (including phenoxy) is 1. The van der Waals surface area contributed by atoms with Gasteiger partial charge in [0.1, 0.15) is 6.04 Å². The first kappa shape index (κ1) is 14.6. The summed E-state index contributed by atoms with van der Waals surface area (Å²) in [6.07, 6.45) is 0. The van der Waals surface area contributed by atoms with Crippen molar-refractivity contribution in [3.63, 3.8) is 0 Å². The molecular formula is C9H19ClN2O3. The quantitative estimate of drug-likeness (QED) is 0.677. The molecule has 0 aromatic rings. The third kappa shape index (κ3) is 5.94. The lowest BCUT2D eigenvalue weighted by Gasteiger charge is -2.25. The molecule has 1 fully saturated rings. The van der Waals surface area contributed by atoms with Crippen LogP contribution < -0.4 is 10.8 Å². The van der Waals surface area contributed by atoms with E-state index in [0.717, 1.165) is 0 Å². The van der Waals surface area contributed by atoms with Crippen molar-refractivity contribution in [2.24, 2.45) is 0 Å². The van der Waals surface area contributed by atoms with Gasteiger partial charge in [-0.05, 0) is 20.8 Å². The summed E-state index contributed by atoms with van der Waals surface area (Å²) < 4.78 is 5.16. The van der Waals surface area contributed by atoms with E-state index in [-0.39, 0.29) is 30.0 Å². The molecule has 0 unspecified atom stereocenters. The van der Waals surface area contributed by atoms with Crippen LogP contribution in [0.3, 0.4) is 0 Å². The zero-order valence-corrected chi connectivity index (χ0v) is 10.1. The lowest BCUT2D eigenvalue weighted by molar-refractivity contribution is -0.150. The number of morpholine rings is 1. The van der Waals surface area contributed by atoms with E-state index in [9.17, 15) is 4.79 Å². The predicted molar refractivity (Wildman–Crippen MR) is 58.8 cm³/mol. The van der Waals surface area contributed by atoms with E-state index in [4.69, 9.17) is 9.57 Å². The van der Waals surface area contributed by atoms with Gasteiger partial charge in [-0.1, -0.05) is 0 Å². The Morgan fingerprint density at radius 1 is 1.53 bits per heavy atom. The van der Waals surface area contributed by atoms with Crippen molar-refractivity contribution in [2.75, 3.05) is 19.8 Å². The highest BCUT2D eigenvalue weighted by Gasteiger charge is 2.22. The molecule has 1 amide bonds. The predicted octanol–water partition coefficient (Wildman–Crippen LogP) is 0.243. The number of carbonyl (C=O) groups excluding carboxylic acids is 1. The Morgan fingerprint density at radius 3 is 2.67 bits per heavy atom. The van der Waals surface area contributed by atoms with Crippen LogP contribution in [0.25, 0.3) is 0 Å². The smallest absolute Gasteiger partial charge is 0.263 e. The monoisotopic (exact) mass is 238 g/mol. The minimum atomic E-state index is -0.370. The molecule has 2 N–H and O–H groups in total. The van der Waals surface area contributed by atoms with Gasteiger partial charge in [-0.15, -0.1) is 12.4 Å². The Kier molecular flexibility index (Phi) is 6.12. The van der Waals surface area contributed by atoms with Crippen LogP contribution in [0.2, 0.25) is 0 Å². The average Bonchev–Trinajstić information content (AvgIpc) is 2.14. The molecule has 0 radical (unpaired) electrons. The molecule has 0 spiro atoms. The van der Waals surface area contributed by atoms with Crippen LogP contribution in [-0.4, -0.2) is 37.3 Å². The van der Waals surface area contributed by atoms with Gasteiger partial charge in [0.05, 0.1) is 18.8 Å². The van der Waals surface area contributed by atoms with Gasteiger partial charge >= 0.3 is 0 Å². The van der Waals surface area contributed by atoms with E-state index < -0.39 is 0 Å². The zero-order valence-electron chi connectivity index (χ0n) is 9.33. The molecule has 5 nitrogen and oxygen atoms in total. The highest BCUT2D eigenvalue weighted by molar-refractivity contribution is 5.85. The van der Waals surface area contributed by atoms with Crippen molar-refractivity contribution in [2.45, 2.75) is 32.4 Å². The molecule has 6 heteroatoms. The van der Waals surface area contributed by atoms with Crippen LogP contribution >= 0.6 is 12.4 Å². The average molecular weight is 239 g/mol. The number of hydroxylamine groups is 1. The number of nitrogens with one attached hydrogen (secondary N) is 2. The molecule has 15 heavy (non-hydrogen) atoms. The van der Waals surface area contributed by atoms with Crippen LogP contribution in [0, 0.1) is 0 Å². The molecule has 1 aliphatic rings. The molecule has 90 valence electrons. The lowest BCUT2D eigenvalue weighted by Crippen LogP contribution is -2.52. The first-order chi connectivity index (χ1) is 6.49. The number of amides is 1. The summed E-state index contributed by atoms with van der Waals surface area (Å²) in [6.45, 7) is 7.38. The van der Waals surface area contributed by atoms with E-state index in [0.29, 0.717) is 19.8 Å². The summed E-state index contributed by atoms with van der Waals surface area (Å²) in [5.74, 6) is -0.181. The van der Waals surface area contributed by atoms with Crippen molar-refractivity contribution in [3.8, 4) is 0 Å². The SMILES string of the molecule is CC(C)(C)ONC(=O)[C@H]1COCCN1.Cl. The maximum absolute atomic E-state index is 11.5. The van der Waals surface area contributed by atoms with Gasteiger partial charge < -0.3 is 10.1 Å². The Balaban J connectivity index is 0.00000196. The Labute approximate surface area is 96.2 Å². The second kappa shape index (κ2) is 6.27. The summed E-state index contributed by atoms with van der Waals surface area (Å²) in [6, 6.07) is -0.300. The van der Waals surface area contributed by atoms with E-state index in [2.05, 4.69) is 10.8 Å². The highest BCUT2D eigenvalue weighted by atomic mass is 35.5. The van der Waals surface area contributed by atoms with Crippen LogP contribution in [0.5, 0.6) is 0 Å². The molecule has 1 heterocycles. The summed E-state index contributed by atoms with van der Waals surface area (Å²) in [4.78, 5) is 16.6. The minimum absolute atomic E-state index is 0. The maximum Gasteiger partial charge on any atom is 0.263 e. The summed E-state index contributed by atoms with van der Waals surface area (Å²) in [5, 5.41) is 3.04. The molecule has 1 aliphatic heterocycles. The topological polar surface area (TPSA) is 59.6 Å². The van der Waals surface area contributed by atoms with Gasteiger partial charge in [-0.25, -0.2) is 5.48 Å². The largest absolute Gasteiger partial charge is 0.378 e. The number of hydrogen-bond donors (Lipinski definition) is 2. The fourth-order valence-corrected chi connectivity index (χ4v) is 1.01. The third-order valence-electron chi connectivity index (χ3n) is 1.70. The molecule has 0 bridgehead atoms. The fraction of sp³-hybridized carbons (Fsp3) is 0.889. The Hall–Kier alpha value is -0.360. The zero-order chi connectivity index (χ0) is 10.6. The van der Waals surface area contributed by atoms with Gasteiger partial charge in [0.15, 0.2) is 0 Å². The first-order valence-corrected chi connectivity index (χ1v) is 4.78. The third-order valence-corrected chi connectivity index (χ3v) is 1.70. The molecule has 1 atom stereocenters. The van der Waals surface area contributed by atoms with Gasteiger partial charge in [0.2, 0.25) is 0 Å². The van der Waals surface area contributed by atoms with Crippen molar-refractivity contribution >= 4 is 18.3 Å². The minimum Gasteiger partial charge on any atom is -0.378 e. The molecule has 0 aliphatic carbocycles. The number of hydrogen-bond acceptors (Lipinski definition) is 4. The normalized spacial score (nSPS) is 21.7. The number of halogens is 1. The molecule has 0 saturated carbocycles. The van der Waals surface area contributed by atoms with Gasteiger partial charge in [-0.2, -0.15) is 0 Å². The van der Waals surface area contributed by atoms with Crippen LogP contribution in [-0.2, 0) is 14.4 Å². The Bertz CT molecular complexity index is 200. The molecular weight excluding hydrogens is 220 g/mol. The van der Waals surface area contributed by atoms with E-state index in [1.807, 2.05) is 20.8 Å².